The van der Waals surface area contributed by atoms with Gasteiger partial charge in [-0.1, -0.05) is 119 Å². The second-order valence-corrected chi connectivity index (χ2v) is 6.87. The minimum atomic E-state index is -0.171. The van der Waals surface area contributed by atoms with Gasteiger partial charge in [0.15, 0.2) is 0 Å². The molecule has 0 saturated carbocycles. The van der Waals surface area contributed by atoms with Crippen LogP contribution in [-0.4, -0.2) is 23.2 Å². The molecule has 36 heavy (non-hydrogen) atoms. The molecule has 2 rings (SSSR count). The summed E-state index contributed by atoms with van der Waals surface area (Å²) in [5.41, 5.74) is 2.84. The third kappa shape index (κ3) is 33.3. The van der Waals surface area contributed by atoms with E-state index in [0.717, 1.165) is 11.4 Å². The molecule has 0 aromatic heterocycles. The zero-order valence-electron chi connectivity index (χ0n) is 23.9. The van der Waals surface area contributed by atoms with Crippen molar-refractivity contribution in [2.24, 2.45) is 9.98 Å². The average molecular weight is 503 g/mol. The summed E-state index contributed by atoms with van der Waals surface area (Å²) in [6.07, 6.45) is 2.50. The van der Waals surface area contributed by atoms with Crippen LogP contribution in [0.1, 0.15) is 131 Å². The number of carbonyl (C=O) groups is 2. The van der Waals surface area contributed by atoms with E-state index in [2.05, 4.69) is 37.7 Å². The van der Waals surface area contributed by atoms with E-state index < -0.39 is 0 Å². The first-order valence-electron chi connectivity index (χ1n) is 12.5. The van der Waals surface area contributed by atoms with Crippen LogP contribution in [0.5, 0.6) is 0 Å². The van der Waals surface area contributed by atoms with Gasteiger partial charge in [0.2, 0.25) is 0 Å². The topological polar surface area (TPSA) is 58.9 Å². The Morgan fingerprint density at radius 3 is 0.889 bits per heavy atom. The normalized spacial score (nSPS) is 7.44. The number of carbonyl (C=O) groups excluding carboxylic acids is 2. The molecule has 208 valence electrons. The number of nitrogens with zero attached hydrogens (tertiary/aromatic N) is 2. The zero-order valence-corrected chi connectivity index (χ0v) is 23.9. The van der Waals surface area contributed by atoms with Crippen molar-refractivity contribution in [3.8, 4) is 0 Å². The third-order valence-electron chi connectivity index (χ3n) is 2.69. The zero-order chi connectivity index (χ0) is 27.4. The molecule has 0 radical (unpaired) electrons. The largest absolute Gasteiger partial charge is 0.276 e. The van der Waals surface area contributed by atoms with Crippen LogP contribution < -0.4 is 0 Å². The fourth-order valence-electron chi connectivity index (χ4n) is 1.70. The summed E-state index contributed by atoms with van der Waals surface area (Å²) in [4.78, 5) is 30.2. The Balaban J connectivity index is -0.0000000885. The summed E-state index contributed by atoms with van der Waals surface area (Å²) in [5.74, 6) is -0.341. The molecule has 4 heteroatoms. The highest BCUT2D eigenvalue weighted by atomic mass is 16.1. The minimum Gasteiger partial charge on any atom is -0.267 e. The number of hydrogen-bond donors (Lipinski definition) is 0. The van der Waals surface area contributed by atoms with Gasteiger partial charge in [0.05, 0.1) is 0 Å². The molecule has 2 aromatic rings. The van der Waals surface area contributed by atoms with Crippen LogP contribution in [-0.2, 0) is 0 Å². The van der Waals surface area contributed by atoms with Crippen molar-refractivity contribution < 1.29 is 9.59 Å². The average Bonchev–Trinajstić information content (AvgIpc) is 2.83. The molecule has 0 aliphatic heterocycles. The lowest BCUT2D eigenvalue weighted by atomic mass is 10.2. The predicted octanol–water partition coefficient (Wildman–Crippen LogP) is 10.8. The summed E-state index contributed by atoms with van der Waals surface area (Å²) in [7, 11) is 0. The van der Waals surface area contributed by atoms with Crippen LogP contribution in [0.25, 0.3) is 0 Å². The van der Waals surface area contributed by atoms with Crippen LogP contribution >= 0.6 is 0 Å². The van der Waals surface area contributed by atoms with E-state index >= 15 is 0 Å². The van der Waals surface area contributed by atoms with Gasteiger partial charge in [-0.05, 0) is 52.0 Å². The Labute approximate surface area is 225 Å². The Kier molecular flexibility index (Phi) is 47.3. The molecule has 0 saturated heterocycles. The second-order valence-electron chi connectivity index (χ2n) is 6.87. The van der Waals surface area contributed by atoms with Gasteiger partial charge < -0.3 is 0 Å². The molecule has 0 unspecified atom stereocenters. The molecule has 0 N–H and O–H groups in total. The molecule has 0 atom stereocenters. The monoisotopic (exact) mass is 502 g/mol. The molecule has 0 heterocycles. The molecular formula is C32H58N2O2. The molecule has 0 aliphatic carbocycles. The lowest BCUT2D eigenvalue weighted by Crippen LogP contribution is -1.96. The number of amides is 2. The number of aliphatic imine (C=N–C) groups is 2. The lowest BCUT2D eigenvalue weighted by Gasteiger charge is -1.93. The fraction of sp³-hybridized carbons (Fsp3) is 0.500. The van der Waals surface area contributed by atoms with E-state index in [1.165, 1.54) is 12.8 Å². The van der Waals surface area contributed by atoms with Crippen molar-refractivity contribution in [3.05, 3.63) is 71.8 Å². The van der Waals surface area contributed by atoms with E-state index in [0.29, 0.717) is 11.1 Å². The van der Waals surface area contributed by atoms with Crippen LogP contribution in [0, 0.1) is 0 Å². The summed E-state index contributed by atoms with van der Waals surface area (Å²) < 4.78 is 0. The summed E-state index contributed by atoms with van der Waals surface area (Å²) in [6, 6.07) is 18.1. The quantitative estimate of drug-likeness (QED) is 0.383. The Morgan fingerprint density at radius 1 is 0.528 bits per heavy atom. The Morgan fingerprint density at radius 2 is 0.722 bits per heavy atom. The van der Waals surface area contributed by atoms with Crippen molar-refractivity contribution in [3.63, 3.8) is 0 Å². The SMILES string of the molecule is C.C.CC.CC.CC(C)=NC(=O)c1ccccc1.CC(C)=NC(=O)c1ccccc1.CCC.CCC. The Hall–Kier alpha value is -2.88. The lowest BCUT2D eigenvalue weighted by molar-refractivity contribution is 0.0994. The molecular weight excluding hydrogens is 444 g/mol. The van der Waals surface area contributed by atoms with Gasteiger partial charge in [-0.3, -0.25) is 9.59 Å². The molecule has 0 spiro atoms. The van der Waals surface area contributed by atoms with Crippen molar-refractivity contribution in [2.75, 3.05) is 0 Å². The summed E-state index contributed by atoms with van der Waals surface area (Å²) in [6.45, 7) is 23.7. The summed E-state index contributed by atoms with van der Waals surface area (Å²) >= 11 is 0. The van der Waals surface area contributed by atoms with E-state index in [4.69, 9.17) is 0 Å². The van der Waals surface area contributed by atoms with Gasteiger partial charge in [-0.25, -0.2) is 9.98 Å². The molecule has 2 amide bonds. The first-order valence-corrected chi connectivity index (χ1v) is 12.5. The third-order valence-corrected chi connectivity index (χ3v) is 2.69. The Bertz CT molecular complexity index is 690. The van der Waals surface area contributed by atoms with Gasteiger partial charge in [-0.15, -0.1) is 0 Å². The second kappa shape index (κ2) is 36.7. The molecule has 0 aliphatic rings. The van der Waals surface area contributed by atoms with E-state index in [-0.39, 0.29) is 26.7 Å². The van der Waals surface area contributed by atoms with Crippen molar-refractivity contribution in [1.29, 1.82) is 0 Å². The van der Waals surface area contributed by atoms with E-state index in [9.17, 15) is 9.59 Å². The fourth-order valence-corrected chi connectivity index (χ4v) is 1.70. The maximum absolute atomic E-state index is 11.3. The highest BCUT2D eigenvalue weighted by Gasteiger charge is 2.01. The highest BCUT2D eigenvalue weighted by Crippen LogP contribution is 2.01. The van der Waals surface area contributed by atoms with Crippen molar-refractivity contribution in [2.45, 2.75) is 111 Å². The smallest absolute Gasteiger partial charge is 0.267 e. The highest BCUT2D eigenvalue weighted by molar-refractivity contribution is 6.03. The van der Waals surface area contributed by atoms with Gasteiger partial charge in [0.25, 0.3) is 11.8 Å². The standard InChI is InChI=1S/2C10H11NO.2C3H8.2C2H6.2CH4/c2*1-8(2)11-10(12)9-6-4-3-5-7-9;2*1-3-2;2*1-2;;/h2*3-7H,1-2H3;2*3H2,1-2H3;2*1-2H3;2*1H4. The maximum atomic E-state index is 11.3. The van der Waals surface area contributed by atoms with E-state index in [1.807, 2.05) is 64.1 Å². The van der Waals surface area contributed by atoms with Crippen molar-refractivity contribution >= 4 is 23.2 Å². The first-order chi connectivity index (χ1) is 16.2. The molecule has 0 fully saturated rings. The number of benzene rings is 2. The number of hydrogen-bond acceptors (Lipinski definition) is 2. The van der Waals surface area contributed by atoms with Crippen LogP contribution in [0.4, 0.5) is 0 Å². The predicted molar refractivity (Wildman–Crippen MR) is 167 cm³/mol. The van der Waals surface area contributed by atoms with Crippen LogP contribution in [0.3, 0.4) is 0 Å². The van der Waals surface area contributed by atoms with E-state index in [1.54, 1.807) is 52.0 Å². The summed E-state index contributed by atoms with van der Waals surface area (Å²) in [5, 5.41) is 0. The van der Waals surface area contributed by atoms with Crippen molar-refractivity contribution in [1.82, 2.24) is 0 Å². The van der Waals surface area contributed by atoms with Gasteiger partial charge in [0.1, 0.15) is 0 Å². The van der Waals surface area contributed by atoms with Crippen LogP contribution in [0.2, 0.25) is 0 Å². The van der Waals surface area contributed by atoms with Gasteiger partial charge in [0, 0.05) is 22.6 Å². The minimum absolute atomic E-state index is 0. The maximum Gasteiger partial charge on any atom is 0.276 e. The van der Waals surface area contributed by atoms with Crippen LogP contribution in [0.15, 0.2) is 70.6 Å². The molecule has 0 bridgehead atoms. The number of rotatable bonds is 2. The molecule has 4 nitrogen and oxygen atoms in total. The molecule has 2 aromatic carbocycles. The van der Waals surface area contributed by atoms with Gasteiger partial charge >= 0.3 is 0 Å². The first kappa shape index (κ1) is 46.5. The van der Waals surface area contributed by atoms with Gasteiger partial charge in [-0.2, -0.15) is 0 Å².